The Morgan fingerprint density at radius 1 is 1.35 bits per heavy atom. The molecule has 1 aromatic heterocycles. The summed E-state index contributed by atoms with van der Waals surface area (Å²) < 4.78 is 0. The van der Waals surface area contributed by atoms with Crippen LogP contribution in [0.1, 0.15) is 20.3 Å². The summed E-state index contributed by atoms with van der Waals surface area (Å²) in [7, 11) is 0. The maximum Gasteiger partial charge on any atom is 0.245 e. The molecule has 0 saturated carbocycles. The first-order chi connectivity index (χ1) is 11.1. The summed E-state index contributed by atoms with van der Waals surface area (Å²) in [6.07, 6.45) is 3.94. The Hall–Kier alpha value is -1.60. The number of hydrogen-bond acceptors (Lipinski definition) is 5. The van der Waals surface area contributed by atoms with Gasteiger partial charge in [-0.15, -0.1) is 11.8 Å². The van der Waals surface area contributed by atoms with Gasteiger partial charge in [-0.2, -0.15) is 0 Å². The number of carbonyl (C=O) groups is 2. The summed E-state index contributed by atoms with van der Waals surface area (Å²) >= 11 is 1.45. The molecule has 1 saturated heterocycles. The summed E-state index contributed by atoms with van der Waals surface area (Å²) in [5.74, 6) is 0.272. The number of aromatic nitrogens is 1. The molecule has 7 heteroatoms. The smallest absolute Gasteiger partial charge is 0.245 e. The van der Waals surface area contributed by atoms with Crippen molar-refractivity contribution in [2.24, 2.45) is 5.73 Å². The van der Waals surface area contributed by atoms with E-state index >= 15 is 0 Å². The maximum atomic E-state index is 12.6. The lowest BCUT2D eigenvalue weighted by Gasteiger charge is -2.28. The molecule has 2 N–H and O–H groups in total. The average Bonchev–Trinajstić information content (AvgIpc) is 2.96. The predicted molar refractivity (Wildman–Crippen MR) is 91.0 cm³/mol. The van der Waals surface area contributed by atoms with Gasteiger partial charge in [0.2, 0.25) is 11.8 Å². The molecule has 0 aliphatic carbocycles. The normalized spacial score (nSPS) is 20.6. The van der Waals surface area contributed by atoms with E-state index in [1.165, 1.54) is 11.8 Å². The van der Waals surface area contributed by atoms with E-state index in [-0.39, 0.29) is 17.9 Å². The van der Waals surface area contributed by atoms with Crippen LogP contribution in [-0.2, 0) is 9.59 Å². The lowest BCUT2D eigenvalue weighted by Crippen LogP contribution is -2.48. The molecule has 126 valence electrons. The lowest BCUT2D eigenvalue weighted by atomic mass is 10.1. The van der Waals surface area contributed by atoms with Gasteiger partial charge in [-0.1, -0.05) is 0 Å². The standard InChI is InChI=1S/C16H24N4O2S/c1-3-19(4-2)16(22)14-9-12(17)10-20(14)15(21)11-23-13-5-7-18-8-6-13/h5-8,12,14H,3-4,9-11,17H2,1-2H3/t12-,14-/m0/s1. The van der Waals surface area contributed by atoms with E-state index in [0.717, 1.165) is 4.90 Å². The molecule has 1 aliphatic heterocycles. The van der Waals surface area contributed by atoms with Crippen molar-refractivity contribution in [1.82, 2.24) is 14.8 Å². The van der Waals surface area contributed by atoms with E-state index < -0.39 is 6.04 Å². The minimum Gasteiger partial charge on any atom is -0.341 e. The fourth-order valence-electron chi connectivity index (χ4n) is 2.79. The van der Waals surface area contributed by atoms with Crippen LogP contribution in [-0.4, -0.2) is 64.1 Å². The van der Waals surface area contributed by atoms with Gasteiger partial charge < -0.3 is 15.5 Å². The molecular formula is C16H24N4O2S. The van der Waals surface area contributed by atoms with Crippen molar-refractivity contribution in [3.05, 3.63) is 24.5 Å². The number of amides is 2. The lowest BCUT2D eigenvalue weighted by molar-refractivity contribution is -0.142. The van der Waals surface area contributed by atoms with Crippen LogP contribution in [0, 0.1) is 0 Å². The molecule has 0 radical (unpaired) electrons. The summed E-state index contributed by atoms with van der Waals surface area (Å²) in [6.45, 7) is 5.64. The zero-order chi connectivity index (χ0) is 16.8. The molecule has 1 fully saturated rings. The Labute approximate surface area is 141 Å². The number of likely N-dealkylation sites (N-methyl/N-ethyl adjacent to an activating group) is 1. The van der Waals surface area contributed by atoms with Gasteiger partial charge in [-0.05, 0) is 32.4 Å². The van der Waals surface area contributed by atoms with Crippen molar-refractivity contribution in [1.29, 1.82) is 0 Å². The summed E-state index contributed by atoms with van der Waals surface area (Å²) in [4.78, 5) is 33.5. The van der Waals surface area contributed by atoms with E-state index in [2.05, 4.69) is 4.98 Å². The van der Waals surface area contributed by atoms with Crippen LogP contribution >= 0.6 is 11.8 Å². The van der Waals surface area contributed by atoms with Crippen molar-refractivity contribution >= 4 is 23.6 Å². The molecule has 6 nitrogen and oxygen atoms in total. The fourth-order valence-corrected chi connectivity index (χ4v) is 3.56. The van der Waals surface area contributed by atoms with Gasteiger partial charge in [0.05, 0.1) is 5.75 Å². The van der Waals surface area contributed by atoms with Crippen LogP contribution in [0.25, 0.3) is 0 Å². The highest BCUT2D eigenvalue weighted by Crippen LogP contribution is 2.22. The predicted octanol–water partition coefficient (Wildman–Crippen LogP) is 0.970. The monoisotopic (exact) mass is 336 g/mol. The number of nitrogens with two attached hydrogens (primary N) is 1. The third kappa shape index (κ3) is 4.45. The minimum atomic E-state index is -0.421. The number of pyridine rings is 1. The van der Waals surface area contributed by atoms with Crippen molar-refractivity contribution < 1.29 is 9.59 Å². The molecule has 1 aromatic rings. The van der Waals surface area contributed by atoms with Crippen molar-refractivity contribution in [2.75, 3.05) is 25.4 Å². The number of rotatable bonds is 6. The van der Waals surface area contributed by atoms with Gasteiger partial charge in [0.15, 0.2) is 0 Å². The molecule has 0 unspecified atom stereocenters. The molecule has 1 aliphatic rings. The minimum absolute atomic E-state index is 0.00483. The topological polar surface area (TPSA) is 79.5 Å². The molecule has 0 bridgehead atoms. The first-order valence-corrected chi connectivity index (χ1v) is 8.92. The van der Waals surface area contributed by atoms with Gasteiger partial charge in [-0.3, -0.25) is 14.6 Å². The number of carbonyl (C=O) groups excluding carboxylic acids is 2. The van der Waals surface area contributed by atoms with Gasteiger partial charge in [0.1, 0.15) is 6.04 Å². The van der Waals surface area contributed by atoms with Gasteiger partial charge >= 0.3 is 0 Å². The number of hydrogen-bond donors (Lipinski definition) is 1. The highest BCUT2D eigenvalue weighted by molar-refractivity contribution is 8.00. The van der Waals surface area contributed by atoms with Crippen LogP contribution in [0.2, 0.25) is 0 Å². The third-order valence-electron chi connectivity index (χ3n) is 4.03. The first kappa shape index (κ1) is 17.7. The van der Waals surface area contributed by atoms with Gasteiger partial charge in [0, 0.05) is 43.0 Å². The van der Waals surface area contributed by atoms with E-state index in [1.54, 1.807) is 22.2 Å². The van der Waals surface area contributed by atoms with Gasteiger partial charge in [-0.25, -0.2) is 0 Å². The molecule has 2 rings (SSSR count). The molecule has 2 atom stereocenters. The summed E-state index contributed by atoms with van der Waals surface area (Å²) in [5.41, 5.74) is 6.00. The van der Waals surface area contributed by atoms with Crippen LogP contribution in [0.15, 0.2) is 29.4 Å². The average molecular weight is 336 g/mol. The van der Waals surface area contributed by atoms with Gasteiger partial charge in [0.25, 0.3) is 0 Å². The SMILES string of the molecule is CCN(CC)C(=O)[C@@H]1C[C@H](N)CN1C(=O)CSc1ccncc1. The second-order valence-electron chi connectivity index (χ2n) is 5.54. The van der Waals surface area contributed by atoms with Crippen molar-refractivity contribution in [2.45, 2.75) is 37.2 Å². The molecule has 0 spiro atoms. The van der Waals surface area contributed by atoms with Crippen molar-refractivity contribution in [3.8, 4) is 0 Å². The Morgan fingerprint density at radius 2 is 2.00 bits per heavy atom. The second kappa shape index (κ2) is 8.31. The Kier molecular flexibility index (Phi) is 6.41. The quantitative estimate of drug-likeness (QED) is 0.783. The maximum absolute atomic E-state index is 12.6. The molecule has 0 aromatic carbocycles. The number of thioether (sulfide) groups is 1. The van der Waals surface area contributed by atoms with E-state index in [0.29, 0.717) is 31.8 Å². The van der Waals surface area contributed by atoms with E-state index in [1.807, 2.05) is 26.0 Å². The molecular weight excluding hydrogens is 312 g/mol. The fraction of sp³-hybridized carbons (Fsp3) is 0.562. The summed E-state index contributed by atoms with van der Waals surface area (Å²) in [6, 6.07) is 3.18. The zero-order valence-electron chi connectivity index (χ0n) is 13.6. The van der Waals surface area contributed by atoms with Crippen LogP contribution in [0.4, 0.5) is 0 Å². The highest BCUT2D eigenvalue weighted by Gasteiger charge is 2.39. The van der Waals surface area contributed by atoms with Crippen molar-refractivity contribution in [3.63, 3.8) is 0 Å². The largest absolute Gasteiger partial charge is 0.341 e. The Bertz CT molecular complexity index is 536. The van der Waals surface area contributed by atoms with E-state index in [4.69, 9.17) is 5.73 Å². The third-order valence-corrected chi connectivity index (χ3v) is 5.02. The first-order valence-electron chi connectivity index (χ1n) is 7.93. The summed E-state index contributed by atoms with van der Waals surface area (Å²) in [5, 5.41) is 0. The second-order valence-corrected chi connectivity index (χ2v) is 6.59. The molecule has 2 amide bonds. The van der Waals surface area contributed by atoms with Crippen LogP contribution < -0.4 is 5.73 Å². The molecule has 2 heterocycles. The number of nitrogens with zero attached hydrogens (tertiary/aromatic N) is 3. The Morgan fingerprint density at radius 3 is 2.61 bits per heavy atom. The number of likely N-dealkylation sites (tertiary alicyclic amines) is 1. The van der Waals surface area contributed by atoms with E-state index in [9.17, 15) is 9.59 Å². The highest BCUT2D eigenvalue weighted by atomic mass is 32.2. The zero-order valence-corrected chi connectivity index (χ0v) is 14.5. The Balaban J connectivity index is 2.00. The van der Waals surface area contributed by atoms with Crippen LogP contribution in [0.3, 0.4) is 0 Å². The molecule has 23 heavy (non-hydrogen) atoms. The van der Waals surface area contributed by atoms with Crippen LogP contribution in [0.5, 0.6) is 0 Å².